The highest BCUT2D eigenvalue weighted by Gasteiger charge is 2.24. The molecule has 0 bridgehead atoms. The maximum absolute atomic E-state index is 13.0. The highest BCUT2D eigenvalue weighted by molar-refractivity contribution is 7.64. The Hall–Kier alpha value is -1.77. The molecule has 19 heavy (non-hydrogen) atoms. The number of hydrogen-bond donors (Lipinski definition) is 2. The van der Waals surface area contributed by atoms with Gasteiger partial charge in [0.1, 0.15) is 0 Å². The third kappa shape index (κ3) is 3.60. The molecule has 0 atom stereocenters. The van der Waals surface area contributed by atoms with Crippen LogP contribution in [-0.4, -0.2) is 18.8 Å². The molecule has 2 rings (SSSR count). The number of nitrogens with one attached hydrogen (secondary N) is 2. The molecular weight excluding hydrogens is 257 g/mol. The zero-order chi connectivity index (χ0) is 13.7. The summed E-state index contributed by atoms with van der Waals surface area (Å²) in [5.74, 6) is 0. The lowest BCUT2D eigenvalue weighted by Gasteiger charge is -2.27. The topological polar surface area (TPSA) is 44.4 Å². The van der Waals surface area contributed by atoms with E-state index in [1.807, 2.05) is 60.7 Å². The van der Waals surface area contributed by atoms with E-state index in [1.165, 1.54) is 0 Å². The molecule has 0 saturated heterocycles. The Morgan fingerprint density at radius 3 is 1.47 bits per heavy atom. The zero-order valence-electron chi connectivity index (χ0n) is 11.1. The standard InChI is InChI=1S/C14H18N3OP/c1-17(2)19(18,15-13-9-5-3-6-10-13)16-14-11-7-4-8-12-14/h3-12H,1-2H3,(H2,15,16,18). The largest absolute Gasteiger partial charge is 0.330 e. The van der Waals surface area contributed by atoms with Crippen molar-refractivity contribution in [2.24, 2.45) is 0 Å². The molecule has 0 unspecified atom stereocenters. The second kappa shape index (κ2) is 5.91. The lowest BCUT2D eigenvalue weighted by atomic mass is 10.3. The monoisotopic (exact) mass is 275 g/mol. The van der Waals surface area contributed by atoms with Gasteiger partial charge in [-0.2, -0.15) is 0 Å². The van der Waals surface area contributed by atoms with Gasteiger partial charge in [0, 0.05) is 11.4 Å². The number of anilines is 2. The van der Waals surface area contributed by atoms with E-state index in [4.69, 9.17) is 0 Å². The summed E-state index contributed by atoms with van der Waals surface area (Å²) in [6, 6.07) is 19.1. The minimum absolute atomic E-state index is 0.822. The van der Waals surface area contributed by atoms with Gasteiger partial charge in [-0.05, 0) is 38.4 Å². The first kappa shape index (κ1) is 13.7. The highest BCUT2D eigenvalue weighted by Crippen LogP contribution is 2.46. The molecule has 0 radical (unpaired) electrons. The van der Waals surface area contributed by atoms with E-state index in [-0.39, 0.29) is 0 Å². The molecule has 2 N–H and O–H groups in total. The molecule has 0 heterocycles. The van der Waals surface area contributed by atoms with Crippen molar-refractivity contribution in [3.05, 3.63) is 60.7 Å². The molecule has 0 amide bonds. The summed E-state index contributed by atoms with van der Waals surface area (Å²) in [5, 5.41) is 6.15. The van der Waals surface area contributed by atoms with Crippen LogP contribution in [0.1, 0.15) is 0 Å². The fourth-order valence-electron chi connectivity index (χ4n) is 1.60. The third-order valence-electron chi connectivity index (χ3n) is 2.67. The molecule has 0 fully saturated rings. The Bertz CT molecular complexity index is 512. The van der Waals surface area contributed by atoms with Gasteiger partial charge in [0.15, 0.2) is 0 Å². The van der Waals surface area contributed by atoms with Crippen molar-refractivity contribution in [2.45, 2.75) is 0 Å². The molecule has 100 valence electrons. The quantitative estimate of drug-likeness (QED) is 0.813. The Kier molecular flexibility index (Phi) is 4.25. The fourth-order valence-corrected chi connectivity index (χ4v) is 3.06. The molecule has 2 aromatic carbocycles. The summed E-state index contributed by atoms with van der Waals surface area (Å²) in [6.45, 7) is 0. The van der Waals surface area contributed by atoms with Crippen LogP contribution in [0.4, 0.5) is 11.4 Å². The van der Waals surface area contributed by atoms with E-state index in [9.17, 15) is 4.57 Å². The van der Waals surface area contributed by atoms with Gasteiger partial charge in [0.25, 0.3) is 0 Å². The first-order valence-electron chi connectivity index (χ1n) is 6.05. The smallest absolute Gasteiger partial charge is 0.308 e. The Morgan fingerprint density at radius 1 is 0.789 bits per heavy atom. The van der Waals surface area contributed by atoms with E-state index >= 15 is 0 Å². The van der Waals surface area contributed by atoms with Crippen LogP contribution >= 0.6 is 7.59 Å². The minimum atomic E-state index is -2.90. The van der Waals surface area contributed by atoms with Crippen molar-refractivity contribution >= 4 is 19.0 Å². The lowest BCUT2D eigenvalue weighted by Crippen LogP contribution is -2.20. The molecule has 2 aromatic rings. The first-order chi connectivity index (χ1) is 9.10. The zero-order valence-corrected chi connectivity index (χ0v) is 12.0. The van der Waals surface area contributed by atoms with E-state index < -0.39 is 7.59 Å². The van der Waals surface area contributed by atoms with E-state index in [2.05, 4.69) is 10.2 Å². The highest BCUT2D eigenvalue weighted by atomic mass is 31.2. The molecule has 0 spiro atoms. The van der Waals surface area contributed by atoms with Gasteiger partial charge in [-0.1, -0.05) is 36.4 Å². The van der Waals surface area contributed by atoms with E-state index in [1.54, 1.807) is 18.8 Å². The second-order valence-corrected chi connectivity index (χ2v) is 6.78. The predicted molar refractivity (Wildman–Crippen MR) is 81.4 cm³/mol. The number of rotatable bonds is 5. The molecule has 4 nitrogen and oxygen atoms in total. The van der Waals surface area contributed by atoms with Gasteiger partial charge in [0.2, 0.25) is 0 Å². The third-order valence-corrected chi connectivity index (χ3v) is 4.92. The van der Waals surface area contributed by atoms with Crippen molar-refractivity contribution in [3.63, 3.8) is 0 Å². The molecule has 0 aliphatic heterocycles. The molecule has 0 aliphatic rings. The van der Waals surface area contributed by atoms with Crippen LogP contribution in [0.25, 0.3) is 0 Å². The van der Waals surface area contributed by atoms with Gasteiger partial charge >= 0.3 is 7.59 Å². The number of para-hydroxylation sites is 2. The molecule has 5 heteroatoms. The summed E-state index contributed by atoms with van der Waals surface area (Å²) in [6.07, 6.45) is 0. The van der Waals surface area contributed by atoms with Crippen LogP contribution in [0.3, 0.4) is 0 Å². The Labute approximate surface area is 114 Å². The predicted octanol–water partition coefficient (Wildman–Crippen LogP) is 3.88. The average molecular weight is 275 g/mol. The van der Waals surface area contributed by atoms with Crippen LogP contribution in [0.15, 0.2) is 60.7 Å². The summed E-state index contributed by atoms with van der Waals surface area (Å²) < 4.78 is 14.6. The number of nitrogens with zero attached hydrogens (tertiary/aromatic N) is 1. The summed E-state index contributed by atoms with van der Waals surface area (Å²) >= 11 is 0. The van der Waals surface area contributed by atoms with Gasteiger partial charge in [-0.15, -0.1) is 0 Å². The van der Waals surface area contributed by atoms with Crippen molar-refractivity contribution in [3.8, 4) is 0 Å². The first-order valence-corrected chi connectivity index (χ1v) is 7.71. The van der Waals surface area contributed by atoms with Gasteiger partial charge < -0.3 is 10.2 Å². The van der Waals surface area contributed by atoms with Crippen molar-refractivity contribution in [1.82, 2.24) is 4.67 Å². The Balaban J connectivity index is 2.21. The maximum Gasteiger partial charge on any atom is 0.330 e. The van der Waals surface area contributed by atoms with Crippen LogP contribution in [-0.2, 0) is 4.57 Å². The second-order valence-electron chi connectivity index (χ2n) is 4.38. The molecule has 0 saturated carbocycles. The van der Waals surface area contributed by atoms with Crippen molar-refractivity contribution < 1.29 is 4.57 Å². The summed E-state index contributed by atoms with van der Waals surface area (Å²) in [7, 11) is 0.667. The Morgan fingerprint density at radius 2 is 1.16 bits per heavy atom. The SMILES string of the molecule is CN(C)P(=O)(Nc1ccccc1)Nc1ccccc1. The molecule has 0 aromatic heterocycles. The van der Waals surface area contributed by atoms with Crippen LogP contribution in [0, 0.1) is 0 Å². The van der Waals surface area contributed by atoms with E-state index in [0.717, 1.165) is 11.4 Å². The van der Waals surface area contributed by atoms with Crippen LogP contribution in [0.2, 0.25) is 0 Å². The van der Waals surface area contributed by atoms with Crippen LogP contribution < -0.4 is 10.2 Å². The van der Waals surface area contributed by atoms with Gasteiger partial charge in [-0.25, -0.2) is 4.67 Å². The van der Waals surface area contributed by atoms with Crippen molar-refractivity contribution in [2.75, 3.05) is 24.3 Å². The minimum Gasteiger partial charge on any atom is -0.308 e. The molecular formula is C14H18N3OP. The van der Waals surface area contributed by atoms with Gasteiger partial charge in [-0.3, -0.25) is 4.57 Å². The summed E-state index contributed by atoms with van der Waals surface area (Å²) in [4.78, 5) is 0. The normalized spacial score (nSPS) is 11.3. The fraction of sp³-hybridized carbons (Fsp3) is 0.143. The number of benzene rings is 2. The lowest BCUT2D eigenvalue weighted by molar-refractivity contribution is 0.524. The van der Waals surface area contributed by atoms with Crippen LogP contribution in [0.5, 0.6) is 0 Å². The van der Waals surface area contributed by atoms with Crippen molar-refractivity contribution in [1.29, 1.82) is 0 Å². The van der Waals surface area contributed by atoms with E-state index in [0.29, 0.717) is 0 Å². The van der Waals surface area contributed by atoms with Gasteiger partial charge in [0.05, 0.1) is 0 Å². The summed E-state index contributed by atoms with van der Waals surface area (Å²) in [5.41, 5.74) is 1.64. The average Bonchev–Trinajstić information content (AvgIpc) is 2.40. The molecule has 0 aliphatic carbocycles. The number of hydrogen-bond acceptors (Lipinski definition) is 1. The maximum atomic E-state index is 13.0.